The van der Waals surface area contributed by atoms with Crippen LogP contribution in [0.25, 0.3) is 0 Å². The van der Waals surface area contributed by atoms with Gasteiger partial charge in [0.15, 0.2) is 0 Å². The fraction of sp³-hybridized carbons (Fsp3) is 1.00. The minimum absolute atomic E-state index is 0.541. The van der Waals surface area contributed by atoms with Crippen LogP contribution in [0.15, 0.2) is 0 Å². The Balaban J connectivity index is 1.77. The zero-order chi connectivity index (χ0) is 13.7. The fourth-order valence-corrected chi connectivity index (χ4v) is 6.05. The molecule has 0 saturated heterocycles. The molecule has 0 radical (unpaired) electrons. The van der Waals surface area contributed by atoms with Gasteiger partial charge in [0.05, 0.1) is 0 Å². The zero-order valence-electron chi connectivity index (χ0n) is 13.5. The molecule has 3 aliphatic carbocycles. The summed E-state index contributed by atoms with van der Waals surface area (Å²) in [5, 5.41) is 3.73. The van der Waals surface area contributed by atoms with Crippen LogP contribution in [0.4, 0.5) is 0 Å². The standard InChI is InChI=1S/C18H33N/c1-14(2)15-6-5-8-16(3,9-7-15)17-10-12-18(17,19-4)13-11-17/h14-15,19H,5-13H2,1-4H3. The molecule has 0 aromatic rings. The van der Waals surface area contributed by atoms with Crippen molar-refractivity contribution in [1.82, 2.24) is 5.32 Å². The van der Waals surface area contributed by atoms with Crippen molar-refractivity contribution in [3.63, 3.8) is 0 Å². The minimum atomic E-state index is 0.541. The van der Waals surface area contributed by atoms with E-state index in [1.165, 1.54) is 57.8 Å². The molecule has 0 amide bonds. The van der Waals surface area contributed by atoms with E-state index in [0.717, 1.165) is 11.8 Å². The van der Waals surface area contributed by atoms with Crippen LogP contribution in [-0.2, 0) is 0 Å². The molecule has 1 heteroatoms. The van der Waals surface area contributed by atoms with E-state index in [1.807, 2.05) is 0 Å². The maximum Gasteiger partial charge on any atom is 0.0240 e. The van der Waals surface area contributed by atoms with Gasteiger partial charge in [-0.05, 0) is 74.7 Å². The van der Waals surface area contributed by atoms with Gasteiger partial charge in [0, 0.05) is 5.54 Å². The molecule has 2 atom stereocenters. The summed E-state index contributed by atoms with van der Waals surface area (Å²) in [7, 11) is 2.21. The zero-order valence-corrected chi connectivity index (χ0v) is 13.5. The van der Waals surface area contributed by atoms with Gasteiger partial charge in [-0.3, -0.25) is 0 Å². The second kappa shape index (κ2) is 4.48. The second-order valence-electron chi connectivity index (χ2n) is 8.41. The minimum Gasteiger partial charge on any atom is -0.314 e. The van der Waals surface area contributed by atoms with E-state index in [4.69, 9.17) is 0 Å². The van der Waals surface area contributed by atoms with Crippen molar-refractivity contribution in [3.05, 3.63) is 0 Å². The van der Waals surface area contributed by atoms with Crippen LogP contribution < -0.4 is 5.32 Å². The second-order valence-corrected chi connectivity index (χ2v) is 8.41. The van der Waals surface area contributed by atoms with E-state index >= 15 is 0 Å². The quantitative estimate of drug-likeness (QED) is 0.724. The van der Waals surface area contributed by atoms with Crippen molar-refractivity contribution in [2.75, 3.05) is 7.05 Å². The Morgan fingerprint density at radius 3 is 2.11 bits per heavy atom. The number of rotatable bonds is 3. The van der Waals surface area contributed by atoms with E-state index in [2.05, 4.69) is 33.1 Å². The van der Waals surface area contributed by atoms with Crippen LogP contribution >= 0.6 is 0 Å². The lowest BCUT2D eigenvalue weighted by atomic mass is 9.33. The first-order valence-corrected chi connectivity index (χ1v) is 8.68. The molecule has 2 unspecified atom stereocenters. The van der Waals surface area contributed by atoms with Gasteiger partial charge in [-0.2, -0.15) is 0 Å². The number of fused-ring (bicyclic) bond motifs is 1. The molecule has 110 valence electrons. The molecule has 1 N–H and O–H groups in total. The lowest BCUT2D eigenvalue weighted by Gasteiger charge is -2.75. The van der Waals surface area contributed by atoms with Crippen LogP contribution in [0.5, 0.6) is 0 Å². The van der Waals surface area contributed by atoms with Gasteiger partial charge in [0.1, 0.15) is 0 Å². The smallest absolute Gasteiger partial charge is 0.0240 e. The number of hydrogen-bond acceptors (Lipinski definition) is 1. The molecule has 19 heavy (non-hydrogen) atoms. The molecular formula is C18H33N. The van der Waals surface area contributed by atoms with E-state index in [-0.39, 0.29) is 0 Å². The van der Waals surface area contributed by atoms with Gasteiger partial charge in [-0.15, -0.1) is 0 Å². The van der Waals surface area contributed by atoms with Gasteiger partial charge in [-0.1, -0.05) is 33.6 Å². The Morgan fingerprint density at radius 2 is 1.63 bits per heavy atom. The Bertz CT molecular complexity index is 332. The van der Waals surface area contributed by atoms with E-state index in [9.17, 15) is 0 Å². The highest BCUT2D eigenvalue weighted by atomic mass is 15.0. The molecule has 3 aliphatic rings. The predicted octanol–water partition coefficient (Wildman–Crippen LogP) is 4.76. The maximum atomic E-state index is 3.73. The summed E-state index contributed by atoms with van der Waals surface area (Å²) < 4.78 is 0. The largest absolute Gasteiger partial charge is 0.314 e. The normalized spacial score (nSPS) is 50.1. The third kappa shape index (κ3) is 1.69. The van der Waals surface area contributed by atoms with Gasteiger partial charge < -0.3 is 5.32 Å². The lowest BCUT2D eigenvalue weighted by molar-refractivity contribution is -0.209. The van der Waals surface area contributed by atoms with Crippen molar-refractivity contribution in [3.8, 4) is 0 Å². The SMILES string of the molecule is CNC12CCC1(C1(C)CCCC(C(C)C)CC1)CC2. The van der Waals surface area contributed by atoms with Crippen LogP contribution in [0.3, 0.4) is 0 Å². The van der Waals surface area contributed by atoms with Crippen LogP contribution in [0, 0.1) is 22.7 Å². The highest BCUT2D eigenvalue weighted by Gasteiger charge is 2.70. The van der Waals surface area contributed by atoms with Crippen molar-refractivity contribution >= 4 is 0 Å². The van der Waals surface area contributed by atoms with E-state index in [0.29, 0.717) is 16.4 Å². The van der Waals surface area contributed by atoms with Crippen LogP contribution in [-0.4, -0.2) is 12.6 Å². The monoisotopic (exact) mass is 263 g/mol. The van der Waals surface area contributed by atoms with Gasteiger partial charge in [0.2, 0.25) is 0 Å². The number of nitrogens with one attached hydrogen (secondary N) is 1. The van der Waals surface area contributed by atoms with Crippen LogP contribution in [0.2, 0.25) is 0 Å². The van der Waals surface area contributed by atoms with Crippen LogP contribution in [0.1, 0.15) is 78.6 Å². The Morgan fingerprint density at radius 1 is 0.947 bits per heavy atom. The first-order valence-electron chi connectivity index (χ1n) is 8.68. The molecule has 1 nitrogen and oxygen atoms in total. The topological polar surface area (TPSA) is 12.0 Å². The summed E-state index contributed by atoms with van der Waals surface area (Å²) >= 11 is 0. The summed E-state index contributed by atoms with van der Waals surface area (Å²) in [5.41, 5.74) is 1.83. The molecule has 0 heterocycles. The van der Waals surface area contributed by atoms with Gasteiger partial charge in [-0.25, -0.2) is 0 Å². The molecule has 0 aromatic carbocycles. The molecule has 3 saturated carbocycles. The summed E-state index contributed by atoms with van der Waals surface area (Å²) in [6.07, 6.45) is 13.3. The molecular weight excluding hydrogens is 230 g/mol. The summed E-state index contributed by atoms with van der Waals surface area (Å²) in [4.78, 5) is 0. The lowest BCUT2D eigenvalue weighted by Crippen LogP contribution is -2.76. The number of hydrogen-bond donors (Lipinski definition) is 1. The molecule has 0 aliphatic heterocycles. The fourth-order valence-electron chi connectivity index (χ4n) is 6.05. The maximum absolute atomic E-state index is 3.73. The van der Waals surface area contributed by atoms with Crippen molar-refractivity contribution in [2.45, 2.75) is 84.1 Å². The van der Waals surface area contributed by atoms with E-state index < -0.39 is 0 Å². The first kappa shape index (κ1) is 13.9. The Hall–Kier alpha value is -0.0400. The highest BCUT2D eigenvalue weighted by molar-refractivity contribution is 5.25. The first-order chi connectivity index (χ1) is 8.99. The summed E-state index contributed by atoms with van der Waals surface area (Å²) in [6.45, 7) is 7.49. The Kier molecular flexibility index (Phi) is 3.28. The van der Waals surface area contributed by atoms with Gasteiger partial charge in [0.25, 0.3) is 0 Å². The molecule has 0 bridgehead atoms. The molecule has 0 aromatic heterocycles. The summed E-state index contributed by atoms with van der Waals surface area (Å²) in [6, 6.07) is 0. The van der Waals surface area contributed by atoms with Crippen molar-refractivity contribution in [2.24, 2.45) is 22.7 Å². The molecule has 3 rings (SSSR count). The average molecular weight is 263 g/mol. The third-order valence-electron chi connectivity index (χ3n) is 7.82. The Labute approximate surface area is 119 Å². The van der Waals surface area contributed by atoms with Crippen molar-refractivity contribution < 1.29 is 0 Å². The van der Waals surface area contributed by atoms with Gasteiger partial charge >= 0.3 is 0 Å². The average Bonchev–Trinajstić information content (AvgIpc) is 2.56. The molecule has 0 spiro atoms. The van der Waals surface area contributed by atoms with Crippen molar-refractivity contribution in [1.29, 1.82) is 0 Å². The predicted molar refractivity (Wildman–Crippen MR) is 82.2 cm³/mol. The highest BCUT2D eigenvalue weighted by Crippen LogP contribution is 2.73. The van der Waals surface area contributed by atoms with E-state index in [1.54, 1.807) is 0 Å². The molecule has 3 fully saturated rings. The summed E-state index contributed by atoms with van der Waals surface area (Å²) in [5.74, 6) is 1.87. The third-order valence-corrected chi connectivity index (χ3v) is 7.82.